The van der Waals surface area contributed by atoms with Gasteiger partial charge in [-0.15, -0.1) is 0 Å². The van der Waals surface area contributed by atoms with Crippen molar-refractivity contribution in [3.8, 4) is 11.3 Å². The molecule has 0 saturated heterocycles. The van der Waals surface area contributed by atoms with E-state index in [4.69, 9.17) is 16.6 Å². The van der Waals surface area contributed by atoms with E-state index in [1.165, 1.54) is 5.39 Å². The molecule has 0 amide bonds. The minimum absolute atomic E-state index is 0.737. The zero-order chi connectivity index (χ0) is 13.5. The van der Waals surface area contributed by atoms with Crippen LogP contribution >= 0.6 is 11.6 Å². The standard InChI is InChI=1S/C17H11ClN2/c18-14-5-3-7-16-12(14)8-9-17(20-16)13-10-19-15-6-2-1-4-11(13)15/h1-10,19H. The number of aromatic amines is 1. The molecule has 2 aromatic heterocycles. The van der Waals surface area contributed by atoms with Gasteiger partial charge in [0.25, 0.3) is 0 Å². The Kier molecular flexibility index (Phi) is 2.51. The number of nitrogens with zero attached hydrogens (tertiary/aromatic N) is 1. The number of H-pyrrole nitrogens is 1. The largest absolute Gasteiger partial charge is 0.360 e. The van der Waals surface area contributed by atoms with Crippen molar-refractivity contribution in [3.63, 3.8) is 0 Å². The number of hydrogen-bond acceptors (Lipinski definition) is 1. The van der Waals surface area contributed by atoms with Gasteiger partial charge in [0.1, 0.15) is 0 Å². The van der Waals surface area contributed by atoms with Gasteiger partial charge in [0.05, 0.1) is 11.2 Å². The first kappa shape index (κ1) is 11.5. The Balaban J connectivity index is 1.98. The van der Waals surface area contributed by atoms with Crippen LogP contribution in [-0.2, 0) is 0 Å². The maximum atomic E-state index is 6.18. The zero-order valence-corrected chi connectivity index (χ0v) is 11.4. The van der Waals surface area contributed by atoms with E-state index < -0.39 is 0 Å². The van der Waals surface area contributed by atoms with Crippen LogP contribution in [0.3, 0.4) is 0 Å². The molecule has 0 atom stereocenters. The van der Waals surface area contributed by atoms with Gasteiger partial charge >= 0.3 is 0 Å². The summed E-state index contributed by atoms with van der Waals surface area (Å²) in [4.78, 5) is 8.00. The molecule has 0 bridgehead atoms. The van der Waals surface area contributed by atoms with E-state index in [1.807, 2.05) is 48.7 Å². The van der Waals surface area contributed by atoms with E-state index in [0.717, 1.165) is 32.7 Å². The lowest BCUT2D eigenvalue weighted by Crippen LogP contribution is -1.84. The summed E-state index contributed by atoms with van der Waals surface area (Å²) >= 11 is 6.18. The molecule has 3 heteroatoms. The summed E-state index contributed by atoms with van der Waals surface area (Å²) in [5.41, 5.74) is 4.11. The van der Waals surface area contributed by atoms with E-state index >= 15 is 0 Å². The van der Waals surface area contributed by atoms with E-state index in [2.05, 4.69) is 17.1 Å². The zero-order valence-electron chi connectivity index (χ0n) is 10.6. The van der Waals surface area contributed by atoms with E-state index in [9.17, 15) is 0 Å². The van der Waals surface area contributed by atoms with Crippen LogP contribution in [-0.4, -0.2) is 9.97 Å². The first-order valence-corrected chi connectivity index (χ1v) is 6.82. The molecule has 4 rings (SSSR count). The highest BCUT2D eigenvalue weighted by Gasteiger charge is 2.08. The second-order valence-electron chi connectivity index (χ2n) is 4.75. The Hall–Kier alpha value is -2.32. The van der Waals surface area contributed by atoms with Gasteiger partial charge in [0.15, 0.2) is 0 Å². The minimum Gasteiger partial charge on any atom is -0.360 e. The molecule has 96 valence electrons. The molecule has 20 heavy (non-hydrogen) atoms. The van der Waals surface area contributed by atoms with Crippen LogP contribution in [0, 0.1) is 0 Å². The Morgan fingerprint density at radius 1 is 0.850 bits per heavy atom. The molecule has 0 aliphatic rings. The van der Waals surface area contributed by atoms with Crippen LogP contribution in [0.4, 0.5) is 0 Å². The minimum atomic E-state index is 0.737. The van der Waals surface area contributed by atoms with Crippen molar-refractivity contribution in [2.75, 3.05) is 0 Å². The second-order valence-corrected chi connectivity index (χ2v) is 5.16. The summed E-state index contributed by atoms with van der Waals surface area (Å²) in [5.74, 6) is 0. The van der Waals surface area contributed by atoms with Gasteiger partial charge in [0, 0.05) is 33.1 Å². The fourth-order valence-corrected chi connectivity index (χ4v) is 2.78. The molecule has 2 heterocycles. The highest BCUT2D eigenvalue weighted by Crippen LogP contribution is 2.30. The number of fused-ring (bicyclic) bond motifs is 2. The summed E-state index contributed by atoms with van der Waals surface area (Å²) in [6.45, 7) is 0. The molecule has 0 fully saturated rings. The average Bonchev–Trinajstić information content (AvgIpc) is 2.91. The molecule has 0 aliphatic carbocycles. The van der Waals surface area contributed by atoms with Crippen LogP contribution in [0.5, 0.6) is 0 Å². The van der Waals surface area contributed by atoms with Crippen molar-refractivity contribution in [3.05, 3.63) is 65.8 Å². The predicted octanol–water partition coefficient (Wildman–Crippen LogP) is 5.04. The lowest BCUT2D eigenvalue weighted by Gasteiger charge is -2.03. The third-order valence-corrected chi connectivity index (χ3v) is 3.87. The smallest absolute Gasteiger partial charge is 0.0731 e. The first-order chi connectivity index (χ1) is 9.83. The van der Waals surface area contributed by atoms with Gasteiger partial charge in [-0.1, -0.05) is 35.9 Å². The molecule has 1 N–H and O–H groups in total. The number of para-hydroxylation sites is 1. The van der Waals surface area contributed by atoms with Crippen molar-refractivity contribution >= 4 is 33.4 Å². The maximum absolute atomic E-state index is 6.18. The summed E-state index contributed by atoms with van der Waals surface area (Å²) in [6, 6.07) is 18.1. The third-order valence-electron chi connectivity index (χ3n) is 3.54. The van der Waals surface area contributed by atoms with Gasteiger partial charge < -0.3 is 4.98 Å². The van der Waals surface area contributed by atoms with Crippen LogP contribution in [0.2, 0.25) is 5.02 Å². The molecule has 2 aromatic carbocycles. The molecule has 2 nitrogen and oxygen atoms in total. The van der Waals surface area contributed by atoms with Crippen LogP contribution in [0.1, 0.15) is 0 Å². The number of halogens is 1. The molecule has 0 unspecified atom stereocenters. The van der Waals surface area contributed by atoms with E-state index in [-0.39, 0.29) is 0 Å². The van der Waals surface area contributed by atoms with Crippen molar-refractivity contribution < 1.29 is 0 Å². The Morgan fingerprint density at radius 3 is 2.70 bits per heavy atom. The Labute approximate surface area is 121 Å². The fourth-order valence-electron chi connectivity index (χ4n) is 2.55. The van der Waals surface area contributed by atoms with Crippen LogP contribution in [0.15, 0.2) is 60.8 Å². The SMILES string of the molecule is Clc1cccc2nc(-c3c[nH]c4ccccc34)ccc12. The molecule has 0 spiro atoms. The lowest BCUT2D eigenvalue weighted by molar-refractivity contribution is 1.40. The van der Waals surface area contributed by atoms with Gasteiger partial charge in [-0.25, -0.2) is 4.98 Å². The molecular formula is C17H11ClN2. The third kappa shape index (κ3) is 1.69. The van der Waals surface area contributed by atoms with Crippen molar-refractivity contribution in [1.82, 2.24) is 9.97 Å². The maximum Gasteiger partial charge on any atom is 0.0731 e. The second kappa shape index (κ2) is 4.36. The van der Waals surface area contributed by atoms with Crippen LogP contribution < -0.4 is 0 Å². The van der Waals surface area contributed by atoms with Crippen molar-refractivity contribution in [1.29, 1.82) is 0 Å². The summed E-state index contributed by atoms with van der Waals surface area (Å²) in [6.07, 6.45) is 2.00. The van der Waals surface area contributed by atoms with Gasteiger partial charge in [-0.05, 0) is 30.3 Å². The topological polar surface area (TPSA) is 28.7 Å². The number of aromatic nitrogens is 2. The van der Waals surface area contributed by atoms with Crippen molar-refractivity contribution in [2.24, 2.45) is 0 Å². The quantitative estimate of drug-likeness (QED) is 0.519. The van der Waals surface area contributed by atoms with Gasteiger partial charge in [-0.3, -0.25) is 0 Å². The Morgan fingerprint density at radius 2 is 1.75 bits per heavy atom. The number of rotatable bonds is 1. The number of hydrogen-bond donors (Lipinski definition) is 1. The van der Waals surface area contributed by atoms with E-state index in [1.54, 1.807) is 0 Å². The average molecular weight is 279 g/mol. The number of benzene rings is 2. The highest BCUT2D eigenvalue weighted by atomic mass is 35.5. The molecule has 4 aromatic rings. The number of nitrogens with one attached hydrogen (secondary N) is 1. The first-order valence-electron chi connectivity index (χ1n) is 6.45. The van der Waals surface area contributed by atoms with Crippen molar-refractivity contribution in [2.45, 2.75) is 0 Å². The monoisotopic (exact) mass is 278 g/mol. The molecular weight excluding hydrogens is 268 g/mol. The molecule has 0 radical (unpaired) electrons. The molecule has 0 saturated carbocycles. The fraction of sp³-hybridized carbons (Fsp3) is 0. The normalized spacial score (nSPS) is 11.2. The van der Waals surface area contributed by atoms with Gasteiger partial charge in [0.2, 0.25) is 0 Å². The summed E-state index contributed by atoms with van der Waals surface area (Å²) < 4.78 is 0. The summed E-state index contributed by atoms with van der Waals surface area (Å²) in [5, 5.41) is 2.90. The molecule has 0 aliphatic heterocycles. The lowest BCUT2D eigenvalue weighted by atomic mass is 10.1. The predicted molar refractivity (Wildman–Crippen MR) is 84.0 cm³/mol. The highest BCUT2D eigenvalue weighted by molar-refractivity contribution is 6.35. The summed E-state index contributed by atoms with van der Waals surface area (Å²) in [7, 11) is 0. The number of pyridine rings is 1. The van der Waals surface area contributed by atoms with E-state index in [0.29, 0.717) is 0 Å². The van der Waals surface area contributed by atoms with Gasteiger partial charge in [-0.2, -0.15) is 0 Å². The van der Waals surface area contributed by atoms with Crippen LogP contribution in [0.25, 0.3) is 33.1 Å². The Bertz CT molecular complexity index is 924.